The smallest absolute Gasteiger partial charge is 0.407 e. The number of aliphatic carboxylic acids is 1. The van der Waals surface area contributed by atoms with Crippen LogP contribution in [0.3, 0.4) is 0 Å². The Hall–Kier alpha value is -3.87. The third kappa shape index (κ3) is 4.21. The maximum absolute atomic E-state index is 12.4. The van der Waals surface area contributed by atoms with Crippen molar-refractivity contribution in [2.45, 2.75) is 25.3 Å². The van der Waals surface area contributed by atoms with Gasteiger partial charge in [0.15, 0.2) is 0 Å². The maximum atomic E-state index is 12.4. The number of aryl methyl sites for hydroxylation is 1. The van der Waals surface area contributed by atoms with E-state index in [1.54, 1.807) is 13.0 Å². The summed E-state index contributed by atoms with van der Waals surface area (Å²) in [7, 11) is 0. The fourth-order valence-electron chi connectivity index (χ4n) is 3.93. The Bertz CT molecular complexity index is 1100. The van der Waals surface area contributed by atoms with Crippen LogP contribution < -0.4 is 5.32 Å². The van der Waals surface area contributed by atoms with Crippen molar-refractivity contribution in [2.24, 2.45) is 0 Å². The highest BCUT2D eigenvalue weighted by Gasteiger charge is 2.30. The predicted molar refractivity (Wildman–Crippen MR) is 114 cm³/mol. The van der Waals surface area contributed by atoms with Gasteiger partial charge >= 0.3 is 12.1 Å². The molecule has 0 aliphatic heterocycles. The molecule has 3 N–H and O–H groups in total. The van der Waals surface area contributed by atoms with Crippen molar-refractivity contribution in [3.8, 4) is 16.9 Å². The van der Waals surface area contributed by atoms with Crippen molar-refractivity contribution in [2.75, 3.05) is 6.61 Å². The molecule has 3 aromatic rings. The minimum absolute atomic E-state index is 0.0835. The maximum Gasteiger partial charge on any atom is 0.407 e. The summed E-state index contributed by atoms with van der Waals surface area (Å²) < 4.78 is 5.42. The third-order valence-electron chi connectivity index (χ3n) is 5.42. The van der Waals surface area contributed by atoms with Gasteiger partial charge in [-0.05, 0) is 41.3 Å². The first-order chi connectivity index (χ1) is 14.9. The first kappa shape index (κ1) is 20.4. The fraction of sp³-hybridized carbons (Fsp3) is 0.208. The Balaban J connectivity index is 1.45. The number of carbonyl (C=O) groups is 2. The molecule has 0 saturated heterocycles. The van der Waals surface area contributed by atoms with Crippen LogP contribution in [0.2, 0.25) is 0 Å². The fourth-order valence-corrected chi connectivity index (χ4v) is 3.93. The topological polar surface area (TPSA) is 109 Å². The Morgan fingerprint density at radius 3 is 2.26 bits per heavy atom. The number of rotatable bonds is 6. The quantitative estimate of drug-likeness (QED) is 0.564. The molecule has 1 aliphatic rings. The number of amides is 1. The summed E-state index contributed by atoms with van der Waals surface area (Å²) in [5.74, 6) is -1.48. The summed E-state index contributed by atoms with van der Waals surface area (Å²) in [5, 5.41) is 21.8. The van der Waals surface area contributed by atoms with Gasteiger partial charge in [-0.25, -0.2) is 9.59 Å². The van der Waals surface area contributed by atoms with Crippen LogP contribution in [-0.2, 0) is 16.0 Å². The predicted octanol–water partition coefficient (Wildman–Crippen LogP) is 3.63. The number of fused-ring (bicyclic) bond motifs is 3. The Morgan fingerprint density at radius 1 is 1.03 bits per heavy atom. The van der Waals surface area contributed by atoms with Crippen molar-refractivity contribution in [1.29, 1.82) is 0 Å². The third-order valence-corrected chi connectivity index (χ3v) is 5.42. The molecule has 4 rings (SSSR count). The molecule has 1 aliphatic carbocycles. The monoisotopic (exact) mass is 418 g/mol. The average molecular weight is 418 g/mol. The molecule has 2 aromatic carbocycles. The van der Waals surface area contributed by atoms with Crippen molar-refractivity contribution in [3.63, 3.8) is 0 Å². The highest BCUT2D eigenvalue weighted by molar-refractivity contribution is 5.81. The first-order valence-corrected chi connectivity index (χ1v) is 9.94. The van der Waals surface area contributed by atoms with E-state index in [2.05, 4.69) is 10.3 Å². The normalized spacial score (nSPS) is 13.2. The lowest BCUT2D eigenvalue weighted by Gasteiger charge is -2.17. The number of hydrogen-bond donors (Lipinski definition) is 3. The van der Waals surface area contributed by atoms with Crippen LogP contribution in [0.25, 0.3) is 11.1 Å². The van der Waals surface area contributed by atoms with Crippen LogP contribution in [-0.4, -0.2) is 39.9 Å². The van der Waals surface area contributed by atoms with Gasteiger partial charge in [0, 0.05) is 18.0 Å². The first-order valence-electron chi connectivity index (χ1n) is 9.94. The largest absolute Gasteiger partial charge is 0.506 e. The number of carboxylic acids is 1. The Kier molecular flexibility index (Phi) is 5.58. The van der Waals surface area contributed by atoms with E-state index < -0.39 is 18.1 Å². The highest BCUT2D eigenvalue weighted by Crippen LogP contribution is 2.44. The zero-order valence-corrected chi connectivity index (χ0v) is 16.9. The van der Waals surface area contributed by atoms with E-state index in [1.165, 1.54) is 6.07 Å². The van der Waals surface area contributed by atoms with Crippen LogP contribution in [0, 0.1) is 6.92 Å². The SMILES string of the molecule is Cc1ccc(O)c(CC(NC(=O)OCC2c3ccccc3-c3ccccc32)C(=O)O)n1. The van der Waals surface area contributed by atoms with Crippen molar-refractivity contribution < 1.29 is 24.5 Å². The lowest BCUT2D eigenvalue weighted by molar-refractivity contribution is -0.139. The molecule has 158 valence electrons. The second kappa shape index (κ2) is 8.47. The standard InChI is InChI=1S/C24H22N2O5/c1-14-10-11-22(27)20(25-14)12-21(23(28)29)26-24(30)31-13-19-17-8-4-2-6-15(17)16-7-3-5-9-18(16)19/h2-11,19,21,27H,12-13H2,1H3,(H,26,30)(H,28,29). The van der Waals surface area contributed by atoms with Gasteiger partial charge in [-0.2, -0.15) is 0 Å². The molecule has 1 unspecified atom stereocenters. The summed E-state index contributed by atoms with van der Waals surface area (Å²) in [6.45, 7) is 1.82. The Labute approximate surface area is 179 Å². The lowest BCUT2D eigenvalue weighted by Crippen LogP contribution is -2.43. The van der Waals surface area contributed by atoms with Crippen molar-refractivity contribution >= 4 is 12.1 Å². The van der Waals surface area contributed by atoms with E-state index in [-0.39, 0.29) is 30.4 Å². The number of aromatic nitrogens is 1. The van der Waals surface area contributed by atoms with E-state index in [4.69, 9.17) is 4.74 Å². The van der Waals surface area contributed by atoms with Crippen LogP contribution in [0.1, 0.15) is 28.4 Å². The van der Waals surface area contributed by atoms with Crippen LogP contribution in [0.15, 0.2) is 60.7 Å². The number of ether oxygens (including phenoxy) is 1. The number of pyridine rings is 1. The van der Waals surface area contributed by atoms with E-state index >= 15 is 0 Å². The number of aromatic hydroxyl groups is 1. The number of nitrogens with one attached hydrogen (secondary N) is 1. The number of carboxylic acid groups (broad SMARTS) is 1. The minimum atomic E-state index is -1.28. The number of nitrogens with zero attached hydrogens (tertiary/aromatic N) is 1. The van der Waals surface area contributed by atoms with Crippen molar-refractivity contribution in [3.05, 3.63) is 83.2 Å². The second-order valence-corrected chi connectivity index (χ2v) is 7.48. The molecule has 7 heteroatoms. The van der Waals surface area contributed by atoms with Crippen LogP contribution in [0.4, 0.5) is 4.79 Å². The Morgan fingerprint density at radius 2 is 1.65 bits per heavy atom. The van der Waals surface area contributed by atoms with Gasteiger partial charge in [0.05, 0.1) is 5.69 Å². The summed E-state index contributed by atoms with van der Waals surface area (Å²) in [6, 6.07) is 17.7. The number of alkyl carbamates (subject to hydrolysis) is 1. The molecule has 1 heterocycles. The molecule has 1 aromatic heterocycles. The number of carbonyl (C=O) groups excluding carboxylic acids is 1. The summed E-state index contributed by atoms with van der Waals surface area (Å²) in [5.41, 5.74) is 5.19. The molecule has 1 atom stereocenters. The van der Waals surface area contributed by atoms with Gasteiger partial charge in [0.25, 0.3) is 0 Å². The minimum Gasteiger partial charge on any atom is -0.506 e. The molecule has 7 nitrogen and oxygen atoms in total. The number of hydrogen-bond acceptors (Lipinski definition) is 5. The average Bonchev–Trinajstić information content (AvgIpc) is 3.08. The molecule has 0 saturated carbocycles. The van der Waals surface area contributed by atoms with Crippen LogP contribution >= 0.6 is 0 Å². The van der Waals surface area contributed by atoms with E-state index in [9.17, 15) is 19.8 Å². The van der Waals surface area contributed by atoms with Gasteiger partial charge in [0.1, 0.15) is 18.4 Å². The highest BCUT2D eigenvalue weighted by atomic mass is 16.5. The molecule has 31 heavy (non-hydrogen) atoms. The van der Waals surface area contributed by atoms with E-state index in [0.29, 0.717) is 5.69 Å². The second-order valence-electron chi connectivity index (χ2n) is 7.48. The van der Waals surface area contributed by atoms with Crippen LogP contribution in [0.5, 0.6) is 5.75 Å². The summed E-state index contributed by atoms with van der Waals surface area (Å²) in [6.07, 6.45) is -0.992. The zero-order chi connectivity index (χ0) is 22.0. The van der Waals surface area contributed by atoms with Gasteiger partial charge in [0.2, 0.25) is 0 Å². The summed E-state index contributed by atoms with van der Waals surface area (Å²) >= 11 is 0. The zero-order valence-electron chi connectivity index (χ0n) is 16.9. The van der Waals surface area contributed by atoms with Gasteiger partial charge in [-0.15, -0.1) is 0 Å². The molecule has 0 radical (unpaired) electrons. The van der Waals surface area contributed by atoms with Gasteiger partial charge < -0.3 is 20.3 Å². The van der Waals surface area contributed by atoms with E-state index in [0.717, 1.165) is 22.3 Å². The van der Waals surface area contributed by atoms with E-state index in [1.807, 2.05) is 48.5 Å². The number of benzene rings is 2. The summed E-state index contributed by atoms with van der Waals surface area (Å²) in [4.78, 5) is 28.2. The van der Waals surface area contributed by atoms with Gasteiger partial charge in [-0.1, -0.05) is 48.5 Å². The molecule has 0 bridgehead atoms. The molecular weight excluding hydrogens is 396 g/mol. The molecule has 0 spiro atoms. The molecular formula is C24H22N2O5. The van der Waals surface area contributed by atoms with Crippen molar-refractivity contribution in [1.82, 2.24) is 10.3 Å². The lowest BCUT2D eigenvalue weighted by atomic mass is 9.98. The molecule has 1 amide bonds. The molecule has 0 fully saturated rings. The van der Waals surface area contributed by atoms with Gasteiger partial charge in [-0.3, -0.25) is 4.98 Å².